The van der Waals surface area contributed by atoms with E-state index in [4.69, 9.17) is 9.52 Å². The van der Waals surface area contributed by atoms with Crippen molar-refractivity contribution in [2.45, 2.75) is 18.1 Å². The van der Waals surface area contributed by atoms with Crippen LogP contribution in [0.15, 0.2) is 39.2 Å². The summed E-state index contributed by atoms with van der Waals surface area (Å²) in [4.78, 5) is 23.5. The van der Waals surface area contributed by atoms with Crippen LogP contribution in [-0.2, 0) is 4.79 Å². The Labute approximate surface area is 124 Å². The van der Waals surface area contributed by atoms with Crippen LogP contribution in [0.2, 0.25) is 0 Å². The van der Waals surface area contributed by atoms with Crippen LogP contribution >= 0.6 is 23.1 Å². The highest BCUT2D eigenvalue weighted by atomic mass is 32.2. The van der Waals surface area contributed by atoms with E-state index in [1.54, 1.807) is 17.4 Å². The van der Waals surface area contributed by atoms with Crippen LogP contribution in [0.4, 0.5) is 0 Å². The van der Waals surface area contributed by atoms with E-state index in [9.17, 15) is 9.59 Å². The second-order valence-electron chi connectivity index (χ2n) is 4.02. The van der Waals surface area contributed by atoms with E-state index in [-0.39, 0.29) is 23.5 Å². The fraction of sp³-hybridized carbons (Fsp3) is 0.231. The second-order valence-corrected chi connectivity index (χ2v) is 5.98. The molecule has 0 radical (unpaired) electrons. The molecule has 0 fully saturated rings. The van der Waals surface area contributed by atoms with E-state index in [2.05, 4.69) is 5.32 Å². The van der Waals surface area contributed by atoms with Gasteiger partial charge in [0, 0.05) is 4.88 Å². The number of nitrogens with one attached hydrogen (secondary N) is 1. The lowest BCUT2D eigenvalue weighted by Crippen LogP contribution is -2.27. The predicted octanol–water partition coefficient (Wildman–Crippen LogP) is 3.01. The van der Waals surface area contributed by atoms with Crippen molar-refractivity contribution in [1.29, 1.82) is 0 Å². The number of thioether (sulfide) groups is 1. The number of hydrogen-bond donors (Lipinski definition) is 2. The Morgan fingerprint density at radius 1 is 1.45 bits per heavy atom. The normalized spacial score (nSPS) is 12.1. The summed E-state index contributed by atoms with van der Waals surface area (Å²) >= 11 is 2.76. The van der Waals surface area contributed by atoms with Crippen LogP contribution in [-0.4, -0.2) is 22.7 Å². The van der Waals surface area contributed by atoms with E-state index in [0.29, 0.717) is 5.09 Å². The van der Waals surface area contributed by atoms with Gasteiger partial charge in [-0.2, -0.15) is 0 Å². The third kappa shape index (κ3) is 3.88. The van der Waals surface area contributed by atoms with Crippen molar-refractivity contribution in [3.05, 3.63) is 40.3 Å². The topological polar surface area (TPSA) is 79.5 Å². The lowest BCUT2D eigenvalue weighted by Gasteiger charge is -2.11. The first-order chi connectivity index (χ1) is 9.56. The molecule has 0 aromatic carbocycles. The van der Waals surface area contributed by atoms with Crippen molar-refractivity contribution in [3.8, 4) is 0 Å². The molecule has 7 heteroatoms. The van der Waals surface area contributed by atoms with Crippen molar-refractivity contribution >= 4 is 35.0 Å². The molecule has 1 atom stereocenters. The highest BCUT2D eigenvalue weighted by Gasteiger charge is 2.13. The van der Waals surface area contributed by atoms with Gasteiger partial charge in [-0.05, 0) is 30.5 Å². The highest BCUT2D eigenvalue weighted by Crippen LogP contribution is 2.22. The van der Waals surface area contributed by atoms with Gasteiger partial charge in [0.2, 0.25) is 11.7 Å². The summed E-state index contributed by atoms with van der Waals surface area (Å²) in [7, 11) is 0. The molecule has 0 saturated heterocycles. The molecule has 2 heterocycles. The molecule has 0 bridgehead atoms. The molecule has 0 saturated carbocycles. The Morgan fingerprint density at radius 2 is 2.25 bits per heavy atom. The molecule has 0 aliphatic carbocycles. The molecule has 2 aromatic heterocycles. The molecule has 0 aliphatic rings. The van der Waals surface area contributed by atoms with E-state index in [0.717, 1.165) is 4.88 Å². The van der Waals surface area contributed by atoms with Gasteiger partial charge in [-0.3, -0.25) is 4.79 Å². The third-order valence-electron chi connectivity index (χ3n) is 2.49. The molecule has 0 aliphatic heterocycles. The first-order valence-corrected chi connectivity index (χ1v) is 7.71. The molecular formula is C13H13NO4S2. The Kier molecular flexibility index (Phi) is 4.86. The molecule has 0 spiro atoms. The van der Waals surface area contributed by atoms with Gasteiger partial charge in [-0.25, -0.2) is 4.79 Å². The first-order valence-electron chi connectivity index (χ1n) is 5.85. The maximum atomic E-state index is 11.8. The van der Waals surface area contributed by atoms with Crippen molar-refractivity contribution in [2.75, 3.05) is 5.75 Å². The summed E-state index contributed by atoms with van der Waals surface area (Å²) < 4.78 is 5.06. The minimum atomic E-state index is -1.12. The number of amides is 1. The van der Waals surface area contributed by atoms with Gasteiger partial charge in [-0.15, -0.1) is 11.3 Å². The summed E-state index contributed by atoms with van der Waals surface area (Å²) in [5, 5.41) is 14.0. The molecule has 2 rings (SSSR count). The molecule has 5 nitrogen and oxygen atoms in total. The number of aromatic carboxylic acids is 1. The minimum Gasteiger partial charge on any atom is -0.475 e. The number of thiophene rings is 1. The number of rotatable bonds is 6. The number of carbonyl (C=O) groups is 2. The van der Waals surface area contributed by atoms with Gasteiger partial charge in [-0.1, -0.05) is 17.8 Å². The fourth-order valence-corrected chi connectivity index (χ4v) is 2.95. The number of carboxylic acid groups (broad SMARTS) is 1. The zero-order chi connectivity index (χ0) is 14.5. The molecule has 1 amide bonds. The van der Waals surface area contributed by atoms with E-state index in [1.165, 1.54) is 17.8 Å². The van der Waals surface area contributed by atoms with Crippen molar-refractivity contribution < 1.29 is 19.1 Å². The summed E-state index contributed by atoms with van der Waals surface area (Å²) in [6, 6.07) is 6.79. The van der Waals surface area contributed by atoms with E-state index in [1.807, 2.05) is 24.4 Å². The fourth-order valence-electron chi connectivity index (χ4n) is 1.54. The monoisotopic (exact) mass is 311 g/mol. The average Bonchev–Trinajstić information content (AvgIpc) is 3.07. The molecule has 1 unspecified atom stereocenters. The summed E-state index contributed by atoms with van der Waals surface area (Å²) in [6.07, 6.45) is 0. The summed E-state index contributed by atoms with van der Waals surface area (Å²) in [5.74, 6) is -1.18. The van der Waals surface area contributed by atoms with Gasteiger partial charge in [0.15, 0.2) is 5.09 Å². The van der Waals surface area contributed by atoms with Gasteiger partial charge >= 0.3 is 5.97 Å². The van der Waals surface area contributed by atoms with Gasteiger partial charge in [0.1, 0.15) is 0 Å². The highest BCUT2D eigenvalue weighted by molar-refractivity contribution is 7.99. The Hall–Kier alpha value is -1.73. The van der Waals surface area contributed by atoms with Crippen molar-refractivity contribution in [1.82, 2.24) is 5.32 Å². The number of hydrogen-bond acceptors (Lipinski definition) is 5. The number of carboxylic acids is 1. The van der Waals surface area contributed by atoms with Gasteiger partial charge in [0.05, 0.1) is 11.8 Å². The Morgan fingerprint density at radius 3 is 2.85 bits per heavy atom. The Bertz CT molecular complexity index is 591. The van der Waals surface area contributed by atoms with E-state index >= 15 is 0 Å². The van der Waals surface area contributed by atoms with Crippen LogP contribution in [0.3, 0.4) is 0 Å². The van der Waals surface area contributed by atoms with Crippen LogP contribution < -0.4 is 5.32 Å². The smallest absolute Gasteiger partial charge is 0.371 e. The van der Waals surface area contributed by atoms with Crippen LogP contribution in [0.1, 0.15) is 28.4 Å². The van der Waals surface area contributed by atoms with Crippen molar-refractivity contribution in [3.63, 3.8) is 0 Å². The zero-order valence-electron chi connectivity index (χ0n) is 10.7. The SMILES string of the molecule is CC(NC(=O)CSc1ccc(C(=O)O)o1)c1cccs1. The maximum absolute atomic E-state index is 11.8. The number of furan rings is 1. The summed E-state index contributed by atoms with van der Waals surface area (Å²) in [5.41, 5.74) is 0. The maximum Gasteiger partial charge on any atom is 0.371 e. The predicted molar refractivity (Wildman–Crippen MR) is 77.3 cm³/mol. The van der Waals surface area contributed by atoms with Crippen LogP contribution in [0, 0.1) is 0 Å². The average molecular weight is 311 g/mol. The second kappa shape index (κ2) is 6.62. The van der Waals surface area contributed by atoms with E-state index < -0.39 is 5.97 Å². The first kappa shape index (κ1) is 14.7. The van der Waals surface area contributed by atoms with Gasteiger partial charge < -0.3 is 14.8 Å². The lowest BCUT2D eigenvalue weighted by molar-refractivity contribution is -0.119. The molecular weight excluding hydrogens is 298 g/mol. The van der Waals surface area contributed by atoms with Crippen molar-refractivity contribution in [2.24, 2.45) is 0 Å². The quantitative estimate of drug-likeness (QED) is 0.802. The molecule has 20 heavy (non-hydrogen) atoms. The van der Waals surface area contributed by atoms with Crippen LogP contribution in [0.5, 0.6) is 0 Å². The lowest BCUT2D eigenvalue weighted by atomic mass is 10.3. The van der Waals surface area contributed by atoms with Gasteiger partial charge in [0.25, 0.3) is 0 Å². The zero-order valence-corrected chi connectivity index (χ0v) is 12.3. The van der Waals surface area contributed by atoms with Crippen LogP contribution in [0.25, 0.3) is 0 Å². The minimum absolute atomic E-state index is 0.0331. The Balaban J connectivity index is 1.81. The largest absolute Gasteiger partial charge is 0.475 e. The molecule has 106 valence electrons. The molecule has 2 N–H and O–H groups in total. The third-order valence-corrected chi connectivity index (χ3v) is 4.45. The molecule has 2 aromatic rings. The summed E-state index contributed by atoms with van der Waals surface area (Å²) in [6.45, 7) is 1.92. The standard InChI is InChI=1S/C13H13NO4S2/c1-8(10-3-2-6-19-10)14-11(15)7-20-12-5-4-9(18-12)13(16)17/h2-6,8H,7H2,1H3,(H,14,15)(H,16,17). The number of carbonyl (C=O) groups excluding carboxylic acids is 1.